The maximum atomic E-state index is 12.4. The van der Waals surface area contributed by atoms with Gasteiger partial charge in [-0.2, -0.15) is 5.10 Å². The van der Waals surface area contributed by atoms with Gasteiger partial charge >= 0.3 is 0 Å². The van der Waals surface area contributed by atoms with Gasteiger partial charge in [-0.15, -0.1) is 0 Å². The highest BCUT2D eigenvalue weighted by Gasteiger charge is 2.23. The number of hydrogen-bond donors (Lipinski definition) is 1. The van der Waals surface area contributed by atoms with Crippen LogP contribution in [0, 0.1) is 0 Å². The van der Waals surface area contributed by atoms with Gasteiger partial charge in [0.1, 0.15) is 6.54 Å². The highest BCUT2D eigenvalue weighted by Crippen LogP contribution is 2.30. The van der Waals surface area contributed by atoms with Crippen molar-refractivity contribution in [2.45, 2.75) is 38.6 Å². The maximum Gasteiger partial charge on any atom is 0.267 e. The third-order valence-electron chi connectivity index (χ3n) is 5.38. The molecule has 1 amide bonds. The van der Waals surface area contributed by atoms with Gasteiger partial charge in [-0.3, -0.25) is 9.59 Å². The summed E-state index contributed by atoms with van der Waals surface area (Å²) in [6.07, 6.45) is 6.88. The summed E-state index contributed by atoms with van der Waals surface area (Å²) in [5.41, 5.74) is 3.10. The number of nitrogens with one attached hydrogen (secondary N) is 1. The largest absolute Gasteiger partial charge is 0.383 e. The summed E-state index contributed by atoms with van der Waals surface area (Å²) in [4.78, 5) is 36.1. The number of amides is 1. The molecule has 2 aliphatic rings. The number of aromatic nitrogens is 4. The Balaban J connectivity index is 1.58. The fraction of sp³-hybridized carbons (Fsp3) is 0.550. The third kappa shape index (κ3) is 4.29. The Labute approximate surface area is 169 Å². The number of nitrogens with zero attached hydrogens (tertiary/aromatic N) is 5. The normalized spacial score (nSPS) is 15.6. The molecule has 9 nitrogen and oxygen atoms in total. The Hall–Kier alpha value is -2.81. The van der Waals surface area contributed by atoms with Crippen LogP contribution in [0.2, 0.25) is 0 Å². The molecule has 154 valence electrons. The van der Waals surface area contributed by atoms with Crippen LogP contribution in [-0.4, -0.2) is 59.0 Å². The van der Waals surface area contributed by atoms with Crippen LogP contribution < -0.4 is 15.8 Å². The average Bonchev–Trinajstić information content (AvgIpc) is 2.75. The molecule has 0 bridgehead atoms. The van der Waals surface area contributed by atoms with Gasteiger partial charge in [0.15, 0.2) is 0 Å². The molecule has 0 spiro atoms. The quantitative estimate of drug-likeness (QED) is 0.709. The van der Waals surface area contributed by atoms with Gasteiger partial charge in [-0.05, 0) is 37.7 Å². The summed E-state index contributed by atoms with van der Waals surface area (Å²) in [6.45, 7) is 2.67. The predicted molar refractivity (Wildman–Crippen MR) is 108 cm³/mol. The van der Waals surface area contributed by atoms with E-state index in [0.717, 1.165) is 42.3 Å². The Morgan fingerprint density at radius 1 is 1.24 bits per heavy atom. The number of hydrogen-bond acceptors (Lipinski definition) is 7. The molecule has 3 heterocycles. The molecule has 1 aliphatic heterocycles. The van der Waals surface area contributed by atoms with Crippen molar-refractivity contribution in [3.8, 4) is 11.3 Å². The number of fused-ring (bicyclic) bond motifs is 3. The molecule has 0 atom stereocenters. The van der Waals surface area contributed by atoms with Crippen molar-refractivity contribution in [2.24, 2.45) is 0 Å². The number of carbonyl (C=O) groups is 1. The topological polar surface area (TPSA) is 102 Å². The van der Waals surface area contributed by atoms with Crippen LogP contribution in [0.5, 0.6) is 0 Å². The van der Waals surface area contributed by atoms with E-state index in [2.05, 4.69) is 20.3 Å². The van der Waals surface area contributed by atoms with E-state index >= 15 is 0 Å². The number of methoxy groups -OCH3 is 1. The van der Waals surface area contributed by atoms with Gasteiger partial charge in [-0.1, -0.05) is 0 Å². The molecule has 0 unspecified atom stereocenters. The Kier molecular flexibility index (Phi) is 5.84. The van der Waals surface area contributed by atoms with Crippen LogP contribution in [0.4, 0.5) is 5.95 Å². The number of piperidine rings is 1. The van der Waals surface area contributed by atoms with E-state index in [1.807, 2.05) is 6.20 Å². The molecule has 0 radical (unpaired) electrons. The molecule has 1 N–H and O–H groups in total. The second-order valence-electron chi connectivity index (χ2n) is 7.43. The van der Waals surface area contributed by atoms with Crippen molar-refractivity contribution in [1.82, 2.24) is 25.1 Å². The minimum Gasteiger partial charge on any atom is -0.383 e. The third-order valence-corrected chi connectivity index (χ3v) is 5.38. The van der Waals surface area contributed by atoms with E-state index in [9.17, 15) is 9.59 Å². The van der Waals surface area contributed by atoms with Crippen molar-refractivity contribution in [1.29, 1.82) is 0 Å². The van der Waals surface area contributed by atoms with Crippen LogP contribution in [-0.2, 0) is 28.9 Å². The summed E-state index contributed by atoms with van der Waals surface area (Å²) in [5, 5.41) is 7.19. The average molecular weight is 398 g/mol. The first-order valence-electron chi connectivity index (χ1n) is 10.1. The van der Waals surface area contributed by atoms with Gasteiger partial charge in [0, 0.05) is 44.6 Å². The lowest BCUT2D eigenvalue weighted by molar-refractivity contribution is -0.122. The van der Waals surface area contributed by atoms with E-state index < -0.39 is 0 Å². The molecule has 29 heavy (non-hydrogen) atoms. The molecular weight excluding hydrogens is 372 g/mol. The fourth-order valence-corrected chi connectivity index (χ4v) is 3.84. The Morgan fingerprint density at radius 3 is 2.86 bits per heavy atom. The fourth-order valence-electron chi connectivity index (χ4n) is 3.84. The van der Waals surface area contributed by atoms with Crippen molar-refractivity contribution >= 4 is 11.9 Å². The van der Waals surface area contributed by atoms with Crippen molar-refractivity contribution in [3.05, 3.63) is 33.9 Å². The van der Waals surface area contributed by atoms with Crippen LogP contribution in [0.3, 0.4) is 0 Å². The first-order chi connectivity index (χ1) is 14.2. The van der Waals surface area contributed by atoms with Gasteiger partial charge in [0.05, 0.1) is 18.0 Å². The summed E-state index contributed by atoms with van der Waals surface area (Å²) in [5.74, 6) is 0.502. The smallest absolute Gasteiger partial charge is 0.267 e. The Morgan fingerprint density at radius 2 is 2.07 bits per heavy atom. The minimum atomic E-state index is -0.278. The van der Waals surface area contributed by atoms with E-state index in [1.54, 1.807) is 13.2 Å². The lowest BCUT2D eigenvalue weighted by atomic mass is 9.94. The molecule has 4 rings (SSSR count). The first kappa shape index (κ1) is 19.5. The van der Waals surface area contributed by atoms with Gasteiger partial charge < -0.3 is 15.0 Å². The number of ether oxygens (including phenoxy) is 1. The minimum absolute atomic E-state index is 0.127. The van der Waals surface area contributed by atoms with Crippen molar-refractivity contribution < 1.29 is 9.53 Å². The van der Waals surface area contributed by atoms with Crippen LogP contribution in [0.1, 0.15) is 30.5 Å². The van der Waals surface area contributed by atoms with E-state index in [-0.39, 0.29) is 18.0 Å². The van der Waals surface area contributed by atoms with E-state index in [1.165, 1.54) is 23.9 Å². The van der Waals surface area contributed by atoms with Crippen molar-refractivity contribution in [2.75, 3.05) is 38.3 Å². The monoisotopic (exact) mass is 398 g/mol. The first-order valence-corrected chi connectivity index (χ1v) is 10.1. The molecule has 2 aromatic heterocycles. The zero-order chi connectivity index (χ0) is 20.2. The summed E-state index contributed by atoms with van der Waals surface area (Å²) in [7, 11) is 1.57. The molecule has 2 aromatic rings. The molecule has 1 saturated heterocycles. The van der Waals surface area contributed by atoms with Gasteiger partial charge in [-0.25, -0.2) is 14.6 Å². The molecule has 0 saturated carbocycles. The second-order valence-corrected chi connectivity index (χ2v) is 7.43. The summed E-state index contributed by atoms with van der Waals surface area (Å²) < 4.78 is 6.12. The van der Waals surface area contributed by atoms with Crippen LogP contribution >= 0.6 is 0 Å². The SMILES string of the molecule is COCCNC(=O)Cn1nc2c(cc1=O)CCc1nc(N3CCCCC3)ncc1-2. The van der Waals surface area contributed by atoms with Gasteiger partial charge in [0.25, 0.3) is 5.56 Å². The lowest BCUT2D eigenvalue weighted by Gasteiger charge is -2.28. The maximum absolute atomic E-state index is 12.4. The van der Waals surface area contributed by atoms with E-state index in [0.29, 0.717) is 25.3 Å². The van der Waals surface area contributed by atoms with Gasteiger partial charge in [0.2, 0.25) is 11.9 Å². The second kappa shape index (κ2) is 8.69. The molecule has 1 aliphatic carbocycles. The van der Waals surface area contributed by atoms with E-state index in [4.69, 9.17) is 9.72 Å². The number of rotatable bonds is 6. The van der Waals surface area contributed by atoms with Crippen LogP contribution in [0.15, 0.2) is 17.1 Å². The molecular formula is C20H26N6O3. The zero-order valence-corrected chi connectivity index (χ0v) is 16.7. The molecule has 1 fully saturated rings. The highest BCUT2D eigenvalue weighted by atomic mass is 16.5. The zero-order valence-electron chi connectivity index (χ0n) is 16.7. The number of anilines is 1. The van der Waals surface area contributed by atoms with Crippen LogP contribution in [0.25, 0.3) is 11.3 Å². The van der Waals surface area contributed by atoms with Crippen molar-refractivity contribution in [3.63, 3.8) is 0 Å². The standard InChI is InChI=1S/C20H26N6O3/c1-29-10-7-21-17(27)13-26-18(28)11-14-5-6-16-15(19(14)24-26)12-22-20(23-16)25-8-3-2-4-9-25/h11-12H,2-10,13H2,1H3,(H,21,27). The summed E-state index contributed by atoms with van der Waals surface area (Å²) >= 11 is 0. The molecule has 0 aromatic carbocycles. The predicted octanol–water partition coefficient (Wildman–Crippen LogP) is 0.552. The number of aryl methyl sites for hydroxylation is 2. The highest BCUT2D eigenvalue weighted by molar-refractivity contribution is 5.75. The summed E-state index contributed by atoms with van der Waals surface area (Å²) in [6, 6.07) is 1.58. The number of carbonyl (C=O) groups excluding carboxylic acids is 1. The lowest BCUT2D eigenvalue weighted by Crippen LogP contribution is -2.35. The Bertz CT molecular complexity index is 952. The molecule has 9 heteroatoms.